The molecule has 0 unspecified atom stereocenters. The molecule has 222 valence electrons. The molecule has 4 aromatic rings. The number of amides is 1. The number of alkyl halides is 3. The second-order valence-electron chi connectivity index (χ2n) is 9.69. The highest BCUT2D eigenvalue weighted by molar-refractivity contribution is 7.90. The van der Waals surface area contributed by atoms with E-state index in [1.807, 2.05) is 30.3 Å². The van der Waals surface area contributed by atoms with E-state index in [0.29, 0.717) is 17.4 Å². The van der Waals surface area contributed by atoms with Gasteiger partial charge < -0.3 is 19.4 Å². The van der Waals surface area contributed by atoms with Crippen LogP contribution in [0.5, 0.6) is 5.75 Å². The molecule has 0 saturated heterocycles. The number of carbonyl (C=O) groups excluding carboxylic acids is 1. The number of aromatic nitrogens is 1. The first-order chi connectivity index (χ1) is 19.7. The molecule has 0 fully saturated rings. The zero-order valence-corrected chi connectivity index (χ0v) is 23.7. The molecule has 3 aromatic carbocycles. The number of carbonyl (C=O) groups is 1. The summed E-state index contributed by atoms with van der Waals surface area (Å²) in [6.45, 7) is 3.62. The van der Waals surface area contributed by atoms with E-state index >= 15 is 0 Å². The molecule has 1 aromatic heterocycles. The van der Waals surface area contributed by atoms with E-state index in [2.05, 4.69) is 10.1 Å². The van der Waals surface area contributed by atoms with Crippen molar-refractivity contribution < 1.29 is 40.2 Å². The minimum absolute atomic E-state index is 0.0723. The average Bonchev–Trinajstić information content (AvgIpc) is 3.22. The number of sulfone groups is 1. The van der Waals surface area contributed by atoms with Gasteiger partial charge in [-0.3, -0.25) is 4.79 Å². The van der Waals surface area contributed by atoms with Crippen LogP contribution in [0.25, 0.3) is 5.69 Å². The fourth-order valence-electron chi connectivity index (χ4n) is 4.42. The van der Waals surface area contributed by atoms with Gasteiger partial charge in [0.15, 0.2) is 15.6 Å². The molecule has 0 saturated carbocycles. The largest absolute Gasteiger partial charge is 0.573 e. The number of benzene rings is 3. The average molecular weight is 605 g/mol. The third-order valence-electron chi connectivity index (χ3n) is 6.37. The van der Waals surface area contributed by atoms with Gasteiger partial charge in [0.1, 0.15) is 5.82 Å². The van der Waals surface area contributed by atoms with Crippen molar-refractivity contribution in [2.75, 3.05) is 11.6 Å². The van der Waals surface area contributed by atoms with E-state index in [1.165, 1.54) is 34.9 Å². The Labute approximate surface area is 240 Å². The summed E-state index contributed by atoms with van der Waals surface area (Å²) in [5.74, 6) is -2.29. The normalized spacial score (nSPS) is 12.6. The van der Waals surface area contributed by atoms with Gasteiger partial charge in [0.25, 0.3) is 5.91 Å². The second-order valence-corrected chi connectivity index (χ2v) is 11.7. The van der Waals surface area contributed by atoms with Crippen molar-refractivity contribution in [2.24, 2.45) is 0 Å². The zero-order chi connectivity index (χ0) is 30.7. The Bertz CT molecular complexity index is 1670. The Morgan fingerprint density at radius 3 is 2.29 bits per heavy atom. The predicted molar refractivity (Wildman–Crippen MR) is 149 cm³/mol. The minimum atomic E-state index is -5.09. The van der Waals surface area contributed by atoms with Gasteiger partial charge in [0, 0.05) is 35.8 Å². The number of nitrogens with zero attached hydrogens (tertiary/aromatic N) is 1. The fraction of sp³-hybridized carbons (Fsp3) is 0.233. The first-order valence-electron chi connectivity index (χ1n) is 12.7. The molecule has 0 spiro atoms. The summed E-state index contributed by atoms with van der Waals surface area (Å²) in [5.41, 5.74) is 1.94. The highest BCUT2D eigenvalue weighted by Gasteiger charge is 2.33. The lowest BCUT2D eigenvalue weighted by Crippen LogP contribution is -2.20. The van der Waals surface area contributed by atoms with Crippen LogP contribution in [0.1, 0.15) is 34.2 Å². The van der Waals surface area contributed by atoms with E-state index in [4.69, 9.17) is 4.74 Å². The van der Waals surface area contributed by atoms with Crippen molar-refractivity contribution in [3.63, 3.8) is 0 Å². The van der Waals surface area contributed by atoms with Gasteiger partial charge in [0.05, 0.1) is 28.9 Å². The molecule has 42 heavy (non-hydrogen) atoms. The molecular weight excluding hydrogens is 576 g/mol. The molecule has 0 bridgehead atoms. The smallest absolute Gasteiger partial charge is 0.403 e. The maximum atomic E-state index is 14.0. The summed E-state index contributed by atoms with van der Waals surface area (Å²) in [7, 11) is -3.44. The Kier molecular flexibility index (Phi) is 9.07. The minimum Gasteiger partial charge on any atom is -0.403 e. The van der Waals surface area contributed by atoms with Crippen LogP contribution >= 0.6 is 0 Å². The Balaban J connectivity index is 1.70. The fourth-order valence-corrected chi connectivity index (χ4v) is 5.05. The molecule has 1 atom stereocenters. The first-order valence-corrected chi connectivity index (χ1v) is 14.6. The number of hydrogen-bond donors (Lipinski definition) is 1. The topological polar surface area (TPSA) is 86.6 Å². The number of anilines is 1. The van der Waals surface area contributed by atoms with E-state index in [-0.39, 0.29) is 34.9 Å². The molecule has 0 aliphatic carbocycles. The highest BCUT2D eigenvalue weighted by atomic mass is 32.2. The molecule has 4 rings (SSSR count). The third-order valence-corrected chi connectivity index (χ3v) is 7.50. The summed E-state index contributed by atoms with van der Waals surface area (Å²) >= 11 is 0. The SMILES string of the molecule is Cc1c(C(=O)Nc2ccc(S(C)(=O)=O)cc2)cc(C[C@H](C)OCc2ccccc2)n1-c1ccc(F)cc1OC(F)(F)F. The monoisotopic (exact) mass is 604 g/mol. The summed E-state index contributed by atoms with van der Waals surface area (Å²) in [6.07, 6.45) is -4.27. The molecule has 1 heterocycles. The van der Waals surface area contributed by atoms with E-state index in [0.717, 1.165) is 24.0 Å². The molecule has 12 heteroatoms. The third kappa shape index (κ3) is 7.77. The summed E-state index contributed by atoms with van der Waals surface area (Å²) < 4.78 is 88.8. The number of nitrogens with one attached hydrogen (secondary N) is 1. The van der Waals surface area contributed by atoms with Gasteiger partial charge >= 0.3 is 6.36 Å². The molecule has 7 nitrogen and oxygen atoms in total. The van der Waals surface area contributed by atoms with Crippen LogP contribution in [0, 0.1) is 12.7 Å². The van der Waals surface area contributed by atoms with Crippen molar-refractivity contribution in [3.8, 4) is 11.4 Å². The van der Waals surface area contributed by atoms with Gasteiger partial charge in [0.2, 0.25) is 0 Å². The molecule has 0 aliphatic heterocycles. The maximum absolute atomic E-state index is 14.0. The molecule has 1 amide bonds. The van der Waals surface area contributed by atoms with Crippen molar-refractivity contribution in [1.82, 2.24) is 4.57 Å². The lowest BCUT2D eigenvalue weighted by atomic mass is 10.1. The van der Waals surface area contributed by atoms with Crippen LogP contribution in [0.3, 0.4) is 0 Å². The second kappa shape index (κ2) is 12.4. The van der Waals surface area contributed by atoms with Gasteiger partial charge in [-0.25, -0.2) is 12.8 Å². The maximum Gasteiger partial charge on any atom is 0.573 e. The van der Waals surface area contributed by atoms with Crippen LogP contribution in [-0.4, -0.2) is 37.6 Å². The Morgan fingerprint density at radius 2 is 1.67 bits per heavy atom. The van der Waals surface area contributed by atoms with Crippen molar-refractivity contribution in [3.05, 3.63) is 107 Å². The molecule has 0 aliphatic rings. The standard InChI is InChI=1S/C30H28F4N2O5S/c1-19(40-18-21-7-5-4-6-8-21)15-24-17-26(29(37)35-23-10-12-25(13-11-23)42(3,38)39)20(2)36(24)27-14-9-22(31)16-28(27)41-30(32,33)34/h4-14,16-17,19H,15,18H2,1-3H3,(H,35,37)/t19-/m0/s1. The van der Waals surface area contributed by atoms with Gasteiger partial charge in [-0.15, -0.1) is 13.2 Å². The molecule has 0 radical (unpaired) electrons. The number of ether oxygens (including phenoxy) is 2. The van der Waals surface area contributed by atoms with E-state index in [9.17, 15) is 30.8 Å². The quantitative estimate of drug-likeness (QED) is 0.206. The molecular formula is C30H28F4N2O5S. The first kappa shape index (κ1) is 30.8. The lowest BCUT2D eigenvalue weighted by molar-refractivity contribution is -0.274. The number of hydrogen-bond acceptors (Lipinski definition) is 5. The lowest BCUT2D eigenvalue weighted by Gasteiger charge is -2.19. The van der Waals surface area contributed by atoms with Crippen LogP contribution in [0.15, 0.2) is 83.8 Å². The zero-order valence-electron chi connectivity index (χ0n) is 22.9. The number of rotatable bonds is 10. The van der Waals surface area contributed by atoms with Crippen LogP contribution in [-0.2, 0) is 27.6 Å². The van der Waals surface area contributed by atoms with Crippen molar-refractivity contribution in [1.29, 1.82) is 0 Å². The van der Waals surface area contributed by atoms with Gasteiger partial charge in [-0.1, -0.05) is 30.3 Å². The summed E-state index contributed by atoms with van der Waals surface area (Å²) in [6, 6.07) is 19.2. The number of halogens is 4. The summed E-state index contributed by atoms with van der Waals surface area (Å²) in [5, 5.41) is 2.68. The van der Waals surface area contributed by atoms with E-state index < -0.39 is 39.8 Å². The molecule has 1 N–H and O–H groups in total. The van der Waals surface area contributed by atoms with Crippen molar-refractivity contribution in [2.45, 2.75) is 44.2 Å². The van der Waals surface area contributed by atoms with Crippen molar-refractivity contribution >= 4 is 21.4 Å². The predicted octanol–water partition coefficient (Wildman–Crippen LogP) is 6.63. The Hall–Kier alpha value is -4.16. The van der Waals surface area contributed by atoms with Crippen LogP contribution in [0.4, 0.5) is 23.2 Å². The van der Waals surface area contributed by atoms with Crippen LogP contribution < -0.4 is 10.1 Å². The summed E-state index contributed by atoms with van der Waals surface area (Å²) in [4.78, 5) is 13.4. The van der Waals surface area contributed by atoms with E-state index in [1.54, 1.807) is 13.8 Å². The Morgan fingerprint density at radius 1 is 1.00 bits per heavy atom. The van der Waals surface area contributed by atoms with Gasteiger partial charge in [-0.05, 0) is 61.9 Å². The highest BCUT2D eigenvalue weighted by Crippen LogP contribution is 2.34. The van der Waals surface area contributed by atoms with Gasteiger partial charge in [-0.2, -0.15) is 0 Å². The van der Waals surface area contributed by atoms with Crippen LogP contribution in [0.2, 0.25) is 0 Å².